The molecule has 0 unspecified atom stereocenters. The maximum absolute atomic E-state index is 6.67. The second kappa shape index (κ2) is 8.31. The molecule has 0 radical (unpaired) electrons. The van der Waals surface area contributed by atoms with Gasteiger partial charge in [-0.25, -0.2) is 0 Å². The number of benzene rings is 7. The van der Waals surface area contributed by atoms with Crippen LogP contribution in [0.25, 0.3) is 104 Å². The van der Waals surface area contributed by atoms with Gasteiger partial charge in [-0.2, -0.15) is 0 Å². The van der Waals surface area contributed by atoms with Crippen LogP contribution in [-0.2, 0) is 0 Å². The van der Waals surface area contributed by atoms with Gasteiger partial charge in [-0.3, -0.25) is 0 Å². The van der Waals surface area contributed by atoms with Crippen LogP contribution < -0.4 is 0 Å². The second-order valence-electron chi connectivity index (χ2n) is 12.1. The molecule has 0 bridgehead atoms. The number of hydrogen-bond donors (Lipinski definition) is 0. The van der Waals surface area contributed by atoms with Gasteiger partial charge < -0.3 is 13.2 Å². The Morgan fingerprint density at radius 1 is 0.311 bits per heavy atom. The van der Waals surface area contributed by atoms with E-state index in [9.17, 15) is 0 Å². The van der Waals surface area contributed by atoms with Crippen LogP contribution in [0.3, 0.4) is 0 Å². The van der Waals surface area contributed by atoms with Crippen molar-refractivity contribution in [3.05, 3.63) is 140 Å². The molecule has 0 spiro atoms. The molecular weight excluding hydrogens is 550 g/mol. The molecule has 0 aliphatic carbocycles. The first kappa shape index (κ1) is 23.4. The van der Waals surface area contributed by atoms with Gasteiger partial charge in [0.1, 0.15) is 11.2 Å². The zero-order valence-corrected chi connectivity index (χ0v) is 24.0. The molecule has 4 aromatic heterocycles. The molecule has 0 fully saturated rings. The summed E-state index contributed by atoms with van der Waals surface area (Å²) in [6.07, 6.45) is 0. The lowest BCUT2D eigenvalue weighted by Gasteiger charge is -2.07. The largest absolute Gasteiger partial charge is 0.454 e. The highest BCUT2D eigenvalue weighted by atomic mass is 16.3. The summed E-state index contributed by atoms with van der Waals surface area (Å²) in [5, 5.41) is 9.30. The summed E-state index contributed by atoms with van der Waals surface area (Å²) in [6.45, 7) is 0. The number of aromatic nitrogens is 1. The summed E-state index contributed by atoms with van der Waals surface area (Å²) in [5.74, 6) is 0. The minimum Gasteiger partial charge on any atom is -0.454 e. The summed E-state index contributed by atoms with van der Waals surface area (Å²) >= 11 is 0. The van der Waals surface area contributed by atoms with E-state index in [2.05, 4.69) is 132 Å². The molecule has 0 amide bonds. The molecule has 0 atom stereocenters. The Hall–Kier alpha value is -6.06. The van der Waals surface area contributed by atoms with Crippen LogP contribution >= 0.6 is 0 Å². The van der Waals surface area contributed by atoms with Gasteiger partial charge in [0.2, 0.25) is 0 Å². The van der Waals surface area contributed by atoms with Gasteiger partial charge in [0.15, 0.2) is 11.2 Å². The van der Waals surface area contributed by atoms with Crippen molar-refractivity contribution in [3.63, 3.8) is 0 Å². The fourth-order valence-electron chi connectivity index (χ4n) is 7.70. The Morgan fingerprint density at radius 3 is 1.31 bits per heavy atom. The molecule has 3 heteroatoms. The van der Waals surface area contributed by atoms with Crippen LogP contribution in [0.15, 0.2) is 148 Å². The number of nitrogens with zero attached hydrogens (tertiary/aromatic N) is 1. The summed E-state index contributed by atoms with van der Waals surface area (Å²) < 4.78 is 15.7. The normalized spacial score (nSPS) is 12.4. The molecule has 11 aromatic rings. The van der Waals surface area contributed by atoms with Gasteiger partial charge in [0.25, 0.3) is 0 Å². The first-order valence-electron chi connectivity index (χ1n) is 15.4. The number of rotatable bonds is 2. The predicted octanol–water partition coefficient (Wildman–Crippen LogP) is 12.0. The lowest BCUT2D eigenvalue weighted by atomic mass is 9.97. The topological polar surface area (TPSA) is 30.7 Å². The van der Waals surface area contributed by atoms with Crippen molar-refractivity contribution in [1.82, 2.24) is 4.40 Å². The summed E-state index contributed by atoms with van der Waals surface area (Å²) in [7, 11) is 0. The van der Waals surface area contributed by atoms with Gasteiger partial charge in [-0.05, 0) is 58.7 Å². The number of fused-ring (bicyclic) bond motifs is 14. The Bertz CT molecular complexity index is 2800. The molecule has 208 valence electrons. The smallest absolute Gasteiger partial charge is 0.160 e. The monoisotopic (exact) mass is 573 g/mol. The maximum atomic E-state index is 6.67. The molecule has 3 nitrogen and oxygen atoms in total. The van der Waals surface area contributed by atoms with E-state index in [1.807, 2.05) is 12.1 Å². The van der Waals surface area contributed by atoms with Crippen LogP contribution in [0, 0.1) is 0 Å². The van der Waals surface area contributed by atoms with E-state index >= 15 is 0 Å². The van der Waals surface area contributed by atoms with E-state index in [0.29, 0.717) is 0 Å². The molecule has 0 aliphatic rings. The molecule has 0 aliphatic heterocycles. The lowest BCUT2D eigenvalue weighted by Crippen LogP contribution is -1.82. The van der Waals surface area contributed by atoms with Crippen molar-refractivity contribution < 1.29 is 8.83 Å². The highest BCUT2D eigenvalue weighted by molar-refractivity contribution is 6.31. The van der Waals surface area contributed by atoms with Crippen molar-refractivity contribution in [2.45, 2.75) is 0 Å². The van der Waals surface area contributed by atoms with Crippen LogP contribution in [0.5, 0.6) is 0 Å². The fourth-order valence-corrected chi connectivity index (χ4v) is 7.70. The van der Waals surface area contributed by atoms with Crippen molar-refractivity contribution in [2.75, 3.05) is 0 Å². The summed E-state index contributed by atoms with van der Waals surface area (Å²) in [5.41, 5.74) is 11.8. The summed E-state index contributed by atoms with van der Waals surface area (Å²) in [4.78, 5) is 0. The Kier molecular flexibility index (Phi) is 4.32. The maximum Gasteiger partial charge on any atom is 0.160 e. The SMILES string of the molecule is c1ccc(-c2ccc(-c3cc4c5ccc6c7ccccc7oc6c5n5c4c(c3)c3ccc4c6ccccc6oc4c35)cc2)cc1. The highest BCUT2D eigenvalue weighted by Gasteiger charge is 2.25. The van der Waals surface area contributed by atoms with Crippen molar-refractivity contribution in [3.8, 4) is 22.3 Å². The predicted molar refractivity (Wildman–Crippen MR) is 187 cm³/mol. The van der Waals surface area contributed by atoms with Gasteiger partial charge in [0.05, 0.1) is 16.6 Å². The van der Waals surface area contributed by atoms with Gasteiger partial charge in [-0.15, -0.1) is 0 Å². The van der Waals surface area contributed by atoms with E-state index in [-0.39, 0.29) is 0 Å². The van der Waals surface area contributed by atoms with Gasteiger partial charge in [0, 0.05) is 43.1 Å². The van der Waals surface area contributed by atoms with E-state index in [4.69, 9.17) is 8.83 Å². The standard InChI is InChI=1S/C42H23NO2/c1-2-8-24(9-3-1)25-14-16-26(17-15-25)27-22-34-30-18-20-32-28-10-4-6-12-36(28)44-41(32)39(30)43-38(34)35(23-27)31-19-21-33-29-11-5-7-13-37(29)45-42(33)40(31)43/h1-23H. The molecule has 0 saturated heterocycles. The molecule has 11 rings (SSSR count). The number of para-hydroxylation sites is 2. The quantitative estimate of drug-likeness (QED) is 0.206. The third-order valence-electron chi connectivity index (χ3n) is 9.73. The van der Waals surface area contributed by atoms with E-state index in [0.717, 1.165) is 54.9 Å². The van der Waals surface area contributed by atoms with E-state index in [1.54, 1.807) is 0 Å². The third-order valence-corrected chi connectivity index (χ3v) is 9.73. The minimum absolute atomic E-state index is 0.901. The molecule has 4 heterocycles. The van der Waals surface area contributed by atoms with Crippen LogP contribution in [0.1, 0.15) is 0 Å². The Balaban J connectivity index is 1.30. The van der Waals surface area contributed by atoms with Crippen LogP contribution in [0.2, 0.25) is 0 Å². The molecular formula is C42H23NO2. The third kappa shape index (κ3) is 2.99. The molecule has 7 aromatic carbocycles. The lowest BCUT2D eigenvalue weighted by molar-refractivity contribution is 0.670. The summed E-state index contributed by atoms with van der Waals surface area (Å²) in [6, 6.07) is 49.8. The Labute approximate surface area is 256 Å². The van der Waals surface area contributed by atoms with Crippen molar-refractivity contribution in [1.29, 1.82) is 0 Å². The van der Waals surface area contributed by atoms with Gasteiger partial charge in [-0.1, -0.05) is 103 Å². The first-order valence-corrected chi connectivity index (χ1v) is 15.4. The van der Waals surface area contributed by atoms with Crippen LogP contribution in [-0.4, -0.2) is 4.40 Å². The van der Waals surface area contributed by atoms with E-state index in [1.165, 1.54) is 49.3 Å². The molecule has 0 saturated carbocycles. The zero-order valence-electron chi connectivity index (χ0n) is 24.0. The number of hydrogen-bond acceptors (Lipinski definition) is 2. The Morgan fingerprint density at radius 2 is 0.756 bits per heavy atom. The van der Waals surface area contributed by atoms with E-state index < -0.39 is 0 Å². The molecule has 0 N–H and O–H groups in total. The average Bonchev–Trinajstić information content (AvgIpc) is 3.84. The first-order chi connectivity index (χ1) is 22.3. The van der Waals surface area contributed by atoms with Crippen LogP contribution in [0.4, 0.5) is 0 Å². The average molecular weight is 574 g/mol. The highest BCUT2D eigenvalue weighted by Crippen LogP contribution is 2.47. The zero-order chi connectivity index (χ0) is 29.2. The number of furan rings is 2. The van der Waals surface area contributed by atoms with Crippen molar-refractivity contribution >= 4 is 82.0 Å². The van der Waals surface area contributed by atoms with Crippen molar-refractivity contribution in [2.24, 2.45) is 0 Å². The minimum atomic E-state index is 0.901. The van der Waals surface area contributed by atoms with Gasteiger partial charge >= 0.3 is 0 Å². The fraction of sp³-hybridized carbons (Fsp3) is 0. The second-order valence-corrected chi connectivity index (χ2v) is 12.1. The molecule has 45 heavy (non-hydrogen) atoms.